The number of ether oxygens (including phenoxy) is 3. The summed E-state index contributed by atoms with van der Waals surface area (Å²) in [4.78, 5) is 16.7. The molecule has 3 rings (SSSR count). The van der Waals surface area contributed by atoms with E-state index in [9.17, 15) is 0 Å². The zero-order valence-corrected chi connectivity index (χ0v) is 14.6. The standard InChI is InChI=1S/C17H18N6O3/c1-24-12-8-11(9-13(25-2)16(12)26-3)21-14-4-5-20-17(22-14)23-15-10-18-6-7-19-15/h4-10H,1-3H3,(H2,19,20,21,22,23). The molecule has 134 valence electrons. The molecule has 0 radical (unpaired) electrons. The molecule has 0 saturated heterocycles. The normalized spacial score (nSPS) is 10.1. The second kappa shape index (κ2) is 7.97. The van der Waals surface area contributed by atoms with Crippen LogP contribution in [0.4, 0.5) is 23.3 Å². The van der Waals surface area contributed by atoms with Crippen LogP contribution in [0.5, 0.6) is 17.2 Å². The second-order valence-corrected chi connectivity index (χ2v) is 5.02. The van der Waals surface area contributed by atoms with Crippen molar-refractivity contribution in [1.82, 2.24) is 19.9 Å². The Labute approximate surface area is 150 Å². The Bertz CT molecular complexity index is 850. The molecule has 0 aliphatic carbocycles. The van der Waals surface area contributed by atoms with E-state index in [4.69, 9.17) is 14.2 Å². The molecule has 0 bridgehead atoms. The summed E-state index contributed by atoms with van der Waals surface area (Å²) in [6.07, 6.45) is 6.39. The number of anilines is 4. The highest BCUT2D eigenvalue weighted by Gasteiger charge is 2.13. The summed E-state index contributed by atoms with van der Waals surface area (Å²) in [6.45, 7) is 0. The summed E-state index contributed by atoms with van der Waals surface area (Å²) < 4.78 is 16.0. The minimum atomic E-state index is 0.392. The van der Waals surface area contributed by atoms with Crippen molar-refractivity contribution in [2.75, 3.05) is 32.0 Å². The highest BCUT2D eigenvalue weighted by Crippen LogP contribution is 2.40. The fourth-order valence-corrected chi connectivity index (χ4v) is 2.27. The zero-order chi connectivity index (χ0) is 18.4. The predicted molar refractivity (Wildman–Crippen MR) is 96.7 cm³/mol. The maximum absolute atomic E-state index is 5.35. The van der Waals surface area contributed by atoms with Gasteiger partial charge in [-0.25, -0.2) is 9.97 Å². The SMILES string of the molecule is COc1cc(Nc2ccnc(Nc3cnccn3)n2)cc(OC)c1OC. The number of rotatable bonds is 7. The van der Waals surface area contributed by atoms with Crippen molar-refractivity contribution >= 4 is 23.3 Å². The van der Waals surface area contributed by atoms with E-state index in [1.165, 1.54) is 0 Å². The lowest BCUT2D eigenvalue weighted by Gasteiger charge is -2.15. The van der Waals surface area contributed by atoms with Gasteiger partial charge in [0.1, 0.15) is 5.82 Å². The lowest BCUT2D eigenvalue weighted by Crippen LogP contribution is -2.02. The van der Waals surface area contributed by atoms with Gasteiger partial charge in [-0.15, -0.1) is 0 Å². The van der Waals surface area contributed by atoms with Crippen LogP contribution in [0.25, 0.3) is 0 Å². The Morgan fingerprint density at radius 3 is 2.19 bits per heavy atom. The number of hydrogen-bond donors (Lipinski definition) is 2. The fraction of sp³-hybridized carbons (Fsp3) is 0.176. The minimum Gasteiger partial charge on any atom is -0.493 e. The Morgan fingerprint density at radius 2 is 1.58 bits per heavy atom. The van der Waals surface area contributed by atoms with Gasteiger partial charge < -0.3 is 24.8 Å². The molecule has 0 spiro atoms. The Balaban J connectivity index is 1.84. The highest BCUT2D eigenvalue weighted by molar-refractivity contribution is 5.67. The molecule has 0 fully saturated rings. The monoisotopic (exact) mass is 354 g/mol. The van der Waals surface area contributed by atoms with E-state index in [0.29, 0.717) is 34.8 Å². The smallest absolute Gasteiger partial charge is 0.230 e. The van der Waals surface area contributed by atoms with E-state index in [-0.39, 0.29) is 0 Å². The van der Waals surface area contributed by atoms with Crippen molar-refractivity contribution in [3.8, 4) is 17.2 Å². The molecule has 0 saturated carbocycles. The van der Waals surface area contributed by atoms with Crippen LogP contribution in [0, 0.1) is 0 Å². The Kier molecular flexibility index (Phi) is 5.28. The molecular formula is C17H18N6O3. The number of hydrogen-bond acceptors (Lipinski definition) is 9. The average molecular weight is 354 g/mol. The quantitative estimate of drug-likeness (QED) is 0.663. The molecule has 26 heavy (non-hydrogen) atoms. The van der Waals surface area contributed by atoms with Crippen LogP contribution in [-0.2, 0) is 0 Å². The molecular weight excluding hydrogens is 336 g/mol. The van der Waals surface area contributed by atoms with Crippen molar-refractivity contribution in [1.29, 1.82) is 0 Å². The van der Waals surface area contributed by atoms with Crippen molar-refractivity contribution < 1.29 is 14.2 Å². The predicted octanol–water partition coefficient (Wildman–Crippen LogP) is 2.78. The van der Waals surface area contributed by atoms with Gasteiger partial charge in [0.2, 0.25) is 11.7 Å². The van der Waals surface area contributed by atoms with E-state index in [0.717, 1.165) is 5.69 Å². The van der Waals surface area contributed by atoms with Crippen LogP contribution in [-0.4, -0.2) is 41.3 Å². The van der Waals surface area contributed by atoms with Gasteiger partial charge in [-0.1, -0.05) is 0 Å². The van der Waals surface area contributed by atoms with Crippen molar-refractivity contribution in [3.63, 3.8) is 0 Å². The first-order chi connectivity index (χ1) is 12.7. The van der Waals surface area contributed by atoms with E-state index < -0.39 is 0 Å². The number of nitrogens with zero attached hydrogens (tertiary/aromatic N) is 4. The molecule has 0 amide bonds. The van der Waals surface area contributed by atoms with E-state index in [1.807, 2.05) is 0 Å². The molecule has 3 aromatic rings. The topological polar surface area (TPSA) is 103 Å². The second-order valence-electron chi connectivity index (χ2n) is 5.02. The van der Waals surface area contributed by atoms with Crippen LogP contribution in [0.2, 0.25) is 0 Å². The lowest BCUT2D eigenvalue weighted by molar-refractivity contribution is 0.324. The average Bonchev–Trinajstić information content (AvgIpc) is 2.68. The third-order valence-corrected chi connectivity index (χ3v) is 3.40. The lowest BCUT2D eigenvalue weighted by atomic mass is 10.2. The summed E-state index contributed by atoms with van der Waals surface area (Å²) >= 11 is 0. The maximum Gasteiger partial charge on any atom is 0.230 e. The van der Waals surface area contributed by atoms with Crippen LogP contribution in [0.15, 0.2) is 43.0 Å². The summed E-state index contributed by atoms with van der Waals surface area (Å²) in [5.74, 6) is 3.14. The number of methoxy groups -OCH3 is 3. The summed E-state index contributed by atoms with van der Waals surface area (Å²) in [6, 6.07) is 5.32. The van der Waals surface area contributed by atoms with Crippen LogP contribution in [0.3, 0.4) is 0 Å². The molecule has 2 heterocycles. The van der Waals surface area contributed by atoms with Crippen LogP contribution < -0.4 is 24.8 Å². The van der Waals surface area contributed by atoms with Crippen LogP contribution >= 0.6 is 0 Å². The highest BCUT2D eigenvalue weighted by atomic mass is 16.5. The first-order valence-electron chi connectivity index (χ1n) is 7.66. The summed E-state index contributed by atoms with van der Waals surface area (Å²) in [5, 5.41) is 6.18. The largest absolute Gasteiger partial charge is 0.493 e. The minimum absolute atomic E-state index is 0.392. The molecule has 9 heteroatoms. The summed E-state index contributed by atoms with van der Waals surface area (Å²) in [7, 11) is 4.69. The van der Waals surface area contributed by atoms with Crippen molar-refractivity contribution in [2.24, 2.45) is 0 Å². The van der Waals surface area contributed by atoms with E-state index in [1.54, 1.807) is 64.3 Å². The molecule has 0 aliphatic rings. The number of nitrogens with one attached hydrogen (secondary N) is 2. The third-order valence-electron chi connectivity index (χ3n) is 3.40. The van der Waals surface area contributed by atoms with Gasteiger partial charge in [0.15, 0.2) is 17.3 Å². The number of benzene rings is 1. The molecule has 0 aliphatic heterocycles. The molecule has 0 unspecified atom stereocenters. The van der Waals surface area contributed by atoms with E-state index in [2.05, 4.69) is 30.6 Å². The summed E-state index contributed by atoms with van der Waals surface area (Å²) in [5.41, 5.74) is 0.726. The van der Waals surface area contributed by atoms with Crippen molar-refractivity contribution in [2.45, 2.75) is 0 Å². The van der Waals surface area contributed by atoms with E-state index >= 15 is 0 Å². The van der Waals surface area contributed by atoms with Gasteiger partial charge in [-0.3, -0.25) is 4.98 Å². The molecule has 9 nitrogen and oxygen atoms in total. The van der Waals surface area contributed by atoms with Gasteiger partial charge in [-0.2, -0.15) is 4.98 Å². The first-order valence-corrected chi connectivity index (χ1v) is 7.66. The third kappa shape index (κ3) is 3.89. The number of aromatic nitrogens is 4. The fourth-order valence-electron chi connectivity index (χ4n) is 2.27. The van der Waals surface area contributed by atoms with Gasteiger partial charge in [0, 0.05) is 36.4 Å². The Hall–Kier alpha value is -3.62. The van der Waals surface area contributed by atoms with Crippen LogP contribution in [0.1, 0.15) is 0 Å². The zero-order valence-electron chi connectivity index (χ0n) is 14.6. The van der Waals surface area contributed by atoms with Gasteiger partial charge >= 0.3 is 0 Å². The maximum atomic E-state index is 5.35. The van der Waals surface area contributed by atoms with Gasteiger partial charge in [-0.05, 0) is 6.07 Å². The van der Waals surface area contributed by atoms with Gasteiger partial charge in [0.25, 0.3) is 0 Å². The Morgan fingerprint density at radius 1 is 0.808 bits per heavy atom. The molecule has 0 atom stereocenters. The molecule has 1 aromatic carbocycles. The molecule has 2 N–H and O–H groups in total. The van der Waals surface area contributed by atoms with Gasteiger partial charge in [0.05, 0.1) is 27.5 Å². The molecule has 2 aromatic heterocycles. The van der Waals surface area contributed by atoms with Crippen molar-refractivity contribution in [3.05, 3.63) is 43.0 Å². The first kappa shape index (κ1) is 17.2.